The van der Waals surface area contributed by atoms with Crippen molar-refractivity contribution in [3.8, 4) is 0 Å². The van der Waals surface area contributed by atoms with E-state index in [9.17, 15) is 0 Å². The predicted octanol–water partition coefficient (Wildman–Crippen LogP) is 2.92. The number of hydrogen-bond acceptors (Lipinski definition) is 2. The minimum Gasteiger partial charge on any atom is -0.356 e. The lowest BCUT2D eigenvalue weighted by atomic mass is 10.1. The Morgan fingerprint density at radius 3 is 2.50 bits per heavy atom. The fraction of sp³-hybridized carbons (Fsp3) is 0.294. The van der Waals surface area contributed by atoms with Crippen molar-refractivity contribution in [1.29, 1.82) is 0 Å². The Labute approximate surface area is 149 Å². The normalized spacial score (nSPS) is 10.7. The third kappa shape index (κ3) is 6.43. The van der Waals surface area contributed by atoms with E-state index in [4.69, 9.17) is 0 Å². The van der Waals surface area contributed by atoms with E-state index in [0.717, 1.165) is 30.3 Å². The van der Waals surface area contributed by atoms with Gasteiger partial charge in [0.15, 0.2) is 5.96 Å². The van der Waals surface area contributed by atoms with Crippen LogP contribution in [-0.2, 0) is 13.0 Å². The van der Waals surface area contributed by atoms with Gasteiger partial charge >= 0.3 is 0 Å². The highest BCUT2D eigenvalue weighted by Gasteiger charge is 1.99. The number of halogens is 1. The SMILES string of the molecule is CN=C(NCCc1ccccc1)NCc1cccc(C)n1.I. The Balaban J connectivity index is 0.00000242. The summed E-state index contributed by atoms with van der Waals surface area (Å²) in [5.41, 5.74) is 3.36. The van der Waals surface area contributed by atoms with E-state index in [1.54, 1.807) is 7.05 Å². The van der Waals surface area contributed by atoms with Gasteiger partial charge < -0.3 is 10.6 Å². The van der Waals surface area contributed by atoms with Gasteiger partial charge in [0.1, 0.15) is 0 Å². The molecule has 0 spiro atoms. The molecular weight excluding hydrogens is 387 g/mol. The number of nitrogens with zero attached hydrogens (tertiary/aromatic N) is 2. The maximum atomic E-state index is 4.46. The average Bonchev–Trinajstić information content (AvgIpc) is 2.52. The molecule has 22 heavy (non-hydrogen) atoms. The van der Waals surface area contributed by atoms with Crippen molar-refractivity contribution in [3.63, 3.8) is 0 Å². The molecular formula is C17H23IN4. The van der Waals surface area contributed by atoms with E-state index in [1.165, 1.54) is 5.56 Å². The van der Waals surface area contributed by atoms with E-state index in [1.807, 2.05) is 31.2 Å². The molecule has 0 aliphatic carbocycles. The second-order valence-electron chi connectivity index (χ2n) is 4.86. The summed E-state index contributed by atoms with van der Waals surface area (Å²) in [5, 5.41) is 6.59. The maximum Gasteiger partial charge on any atom is 0.191 e. The number of aryl methyl sites for hydroxylation is 1. The molecule has 0 saturated carbocycles. The summed E-state index contributed by atoms with van der Waals surface area (Å²) in [6.45, 7) is 3.52. The van der Waals surface area contributed by atoms with Crippen molar-refractivity contribution in [2.75, 3.05) is 13.6 Å². The van der Waals surface area contributed by atoms with Crippen LogP contribution in [0.1, 0.15) is 17.0 Å². The van der Waals surface area contributed by atoms with E-state index in [-0.39, 0.29) is 24.0 Å². The molecule has 5 heteroatoms. The lowest BCUT2D eigenvalue weighted by Gasteiger charge is -2.11. The van der Waals surface area contributed by atoms with E-state index < -0.39 is 0 Å². The first-order valence-electron chi connectivity index (χ1n) is 7.19. The first-order valence-corrected chi connectivity index (χ1v) is 7.19. The first-order chi connectivity index (χ1) is 10.3. The highest BCUT2D eigenvalue weighted by Crippen LogP contribution is 1.99. The smallest absolute Gasteiger partial charge is 0.191 e. The molecule has 0 saturated heterocycles. The van der Waals surface area contributed by atoms with E-state index >= 15 is 0 Å². The third-order valence-electron chi connectivity index (χ3n) is 3.16. The van der Waals surface area contributed by atoms with Gasteiger partial charge in [-0.05, 0) is 31.0 Å². The fourth-order valence-corrected chi connectivity index (χ4v) is 2.06. The third-order valence-corrected chi connectivity index (χ3v) is 3.16. The highest BCUT2D eigenvalue weighted by molar-refractivity contribution is 14.0. The number of benzene rings is 1. The van der Waals surface area contributed by atoms with Gasteiger partial charge in [0.05, 0.1) is 12.2 Å². The number of guanidine groups is 1. The van der Waals surface area contributed by atoms with Gasteiger partial charge in [-0.3, -0.25) is 9.98 Å². The molecule has 1 aromatic carbocycles. The molecule has 2 rings (SSSR count). The molecule has 0 amide bonds. The van der Waals surface area contributed by atoms with Gasteiger partial charge in [-0.2, -0.15) is 0 Å². The van der Waals surface area contributed by atoms with Crippen molar-refractivity contribution in [2.45, 2.75) is 19.9 Å². The molecule has 0 radical (unpaired) electrons. The van der Waals surface area contributed by atoms with Crippen LogP contribution in [0, 0.1) is 6.92 Å². The van der Waals surface area contributed by atoms with Crippen LogP contribution in [0.3, 0.4) is 0 Å². The molecule has 1 heterocycles. The van der Waals surface area contributed by atoms with Crippen molar-refractivity contribution >= 4 is 29.9 Å². The van der Waals surface area contributed by atoms with Crippen molar-refractivity contribution in [1.82, 2.24) is 15.6 Å². The van der Waals surface area contributed by atoms with Crippen molar-refractivity contribution in [2.24, 2.45) is 4.99 Å². The minimum atomic E-state index is 0. The zero-order valence-corrected chi connectivity index (χ0v) is 15.4. The number of pyridine rings is 1. The Morgan fingerprint density at radius 1 is 1.05 bits per heavy atom. The first kappa shape index (κ1) is 18.4. The number of nitrogens with one attached hydrogen (secondary N) is 2. The Morgan fingerprint density at radius 2 is 1.82 bits per heavy atom. The largest absolute Gasteiger partial charge is 0.356 e. The molecule has 0 aliphatic heterocycles. The van der Waals surface area contributed by atoms with Gasteiger partial charge in [0, 0.05) is 19.3 Å². The van der Waals surface area contributed by atoms with Crippen LogP contribution in [0.2, 0.25) is 0 Å². The van der Waals surface area contributed by atoms with Crippen molar-refractivity contribution in [3.05, 3.63) is 65.5 Å². The minimum absolute atomic E-state index is 0. The molecule has 0 atom stereocenters. The number of hydrogen-bond donors (Lipinski definition) is 2. The molecule has 2 aromatic rings. The number of aliphatic imine (C=N–C) groups is 1. The Hall–Kier alpha value is -1.63. The fourth-order valence-electron chi connectivity index (χ4n) is 2.06. The maximum absolute atomic E-state index is 4.46. The second-order valence-corrected chi connectivity index (χ2v) is 4.86. The second kappa shape index (κ2) is 10.2. The quantitative estimate of drug-likeness (QED) is 0.453. The van der Waals surface area contributed by atoms with Gasteiger partial charge in [-0.1, -0.05) is 36.4 Å². The molecule has 2 N–H and O–H groups in total. The van der Waals surface area contributed by atoms with E-state index in [0.29, 0.717) is 6.54 Å². The summed E-state index contributed by atoms with van der Waals surface area (Å²) in [6.07, 6.45) is 0.976. The molecule has 0 aliphatic rings. The lowest BCUT2D eigenvalue weighted by Crippen LogP contribution is -2.38. The molecule has 118 valence electrons. The van der Waals surface area contributed by atoms with Crippen LogP contribution in [-0.4, -0.2) is 24.5 Å². The van der Waals surface area contributed by atoms with Gasteiger partial charge in [0.2, 0.25) is 0 Å². The van der Waals surface area contributed by atoms with E-state index in [2.05, 4.69) is 44.9 Å². The number of rotatable bonds is 5. The van der Waals surface area contributed by atoms with Crippen LogP contribution < -0.4 is 10.6 Å². The summed E-state index contributed by atoms with van der Waals surface area (Å²) < 4.78 is 0. The van der Waals surface area contributed by atoms with Gasteiger partial charge in [-0.25, -0.2) is 0 Å². The zero-order valence-electron chi connectivity index (χ0n) is 13.0. The Kier molecular flexibility index (Phi) is 8.50. The zero-order chi connectivity index (χ0) is 14.9. The molecule has 0 bridgehead atoms. The molecule has 0 fully saturated rings. The molecule has 4 nitrogen and oxygen atoms in total. The van der Waals surface area contributed by atoms with Crippen LogP contribution in [0.15, 0.2) is 53.5 Å². The Bertz CT molecular complexity index is 584. The topological polar surface area (TPSA) is 49.3 Å². The highest BCUT2D eigenvalue weighted by atomic mass is 127. The predicted molar refractivity (Wildman–Crippen MR) is 103 cm³/mol. The molecule has 0 unspecified atom stereocenters. The average molecular weight is 410 g/mol. The summed E-state index contributed by atoms with van der Waals surface area (Å²) in [7, 11) is 1.78. The van der Waals surface area contributed by atoms with Crippen molar-refractivity contribution < 1.29 is 0 Å². The van der Waals surface area contributed by atoms with Crippen LogP contribution >= 0.6 is 24.0 Å². The summed E-state index contributed by atoms with van der Waals surface area (Å²) in [5.74, 6) is 0.800. The molecule has 1 aromatic heterocycles. The lowest BCUT2D eigenvalue weighted by molar-refractivity contribution is 0.781. The summed E-state index contributed by atoms with van der Waals surface area (Å²) in [4.78, 5) is 8.69. The summed E-state index contributed by atoms with van der Waals surface area (Å²) in [6, 6.07) is 16.4. The van der Waals surface area contributed by atoms with Gasteiger partial charge in [-0.15, -0.1) is 24.0 Å². The van der Waals surface area contributed by atoms with Crippen LogP contribution in [0.25, 0.3) is 0 Å². The standard InChI is InChI=1S/C17H22N4.HI/c1-14-7-6-10-16(21-14)13-20-17(18-2)19-12-11-15-8-4-3-5-9-15;/h3-10H,11-13H2,1-2H3,(H2,18,19,20);1H. The van der Waals surface area contributed by atoms with Gasteiger partial charge in [0.25, 0.3) is 0 Å². The van der Waals surface area contributed by atoms with Crippen LogP contribution in [0.5, 0.6) is 0 Å². The summed E-state index contributed by atoms with van der Waals surface area (Å²) >= 11 is 0. The number of aromatic nitrogens is 1. The monoisotopic (exact) mass is 410 g/mol. The van der Waals surface area contributed by atoms with Crippen LogP contribution in [0.4, 0.5) is 0 Å².